The van der Waals surface area contributed by atoms with Crippen LogP contribution in [0.25, 0.3) is 11.0 Å². The molecule has 8 nitrogen and oxygen atoms in total. The Morgan fingerprint density at radius 1 is 1.17 bits per heavy atom. The number of hydrogen-bond donors (Lipinski definition) is 2. The van der Waals surface area contributed by atoms with Crippen molar-refractivity contribution < 1.29 is 18.6 Å². The molecule has 1 aliphatic heterocycles. The van der Waals surface area contributed by atoms with Crippen molar-refractivity contribution in [3.8, 4) is 11.6 Å². The summed E-state index contributed by atoms with van der Waals surface area (Å²) in [5.41, 5.74) is 1.50. The van der Waals surface area contributed by atoms with E-state index >= 15 is 4.39 Å². The van der Waals surface area contributed by atoms with Crippen molar-refractivity contribution >= 4 is 22.7 Å². The second kappa shape index (κ2) is 7.41. The molecule has 5 rings (SSSR count). The fourth-order valence-electron chi connectivity index (χ4n) is 4.29. The number of fused-ring (bicyclic) bond motifs is 1. The Balaban J connectivity index is 1.49. The standard InChI is InChI=1S/C21H24FN5O3/c1-28-17-11-14(21(4-5-21)27-7-9-30-10-8-27)15(22)12-16(17)24-20-25-18-13(3-6-23-18)19(26-20)29-2/h3,6,11-12H,4-5,7-10H2,1-2H3,(H2,23,24,25,26). The summed E-state index contributed by atoms with van der Waals surface area (Å²) in [5, 5.41) is 3.85. The Labute approximate surface area is 173 Å². The van der Waals surface area contributed by atoms with Crippen molar-refractivity contribution in [2.45, 2.75) is 18.4 Å². The molecule has 2 fully saturated rings. The molecule has 158 valence electrons. The van der Waals surface area contributed by atoms with Crippen LogP contribution in [0.2, 0.25) is 0 Å². The maximum Gasteiger partial charge on any atom is 0.232 e. The third-order valence-electron chi connectivity index (χ3n) is 5.95. The average molecular weight is 413 g/mol. The van der Waals surface area contributed by atoms with Crippen LogP contribution in [0.15, 0.2) is 24.4 Å². The van der Waals surface area contributed by atoms with E-state index in [-0.39, 0.29) is 11.4 Å². The van der Waals surface area contributed by atoms with Gasteiger partial charge in [0.25, 0.3) is 0 Å². The molecule has 1 aliphatic carbocycles. The summed E-state index contributed by atoms with van der Waals surface area (Å²) in [7, 11) is 3.13. The Hall–Kier alpha value is -2.91. The molecule has 1 aromatic carbocycles. The third kappa shape index (κ3) is 3.14. The van der Waals surface area contributed by atoms with E-state index in [1.54, 1.807) is 26.5 Å². The molecule has 0 unspecified atom stereocenters. The number of nitrogens with one attached hydrogen (secondary N) is 2. The van der Waals surface area contributed by atoms with Crippen LogP contribution in [0.5, 0.6) is 11.6 Å². The van der Waals surface area contributed by atoms with Gasteiger partial charge in [-0.05, 0) is 25.0 Å². The number of aromatic amines is 1. The first kappa shape index (κ1) is 19.1. The van der Waals surface area contributed by atoms with Gasteiger partial charge in [0.15, 0.2) is 0 Å². The molecule has 2 N–H and O–H groups in total. The Bertz CT molecular complexity index is 1080. The van der Waals surface area contributed by atoms with Gasteiger partial charge in [-0.1, -0.05) is 0 Å². The lowest BCUT2D eigenvalue weighted by molar-refractivity contribution is 0.00749. The van der Waals surface area contributed by atoms with E-state index in [1.165, 1.54) is 6.07 Å². The molecule has 0 spiro atoms. The van der Waals surface area contributed by atoms with Crippen LogP contribution in [0, 0.1) is 5.82 Å². The van der Waals surface area contributed by atoms with E-state index < -0.39 is 0 Å². The Kier molecular flexibility index (Phi) is 4.71. The van der Waals surface area contributed by atoms with Gasteiger partial charge in [-0.3, -0.25) is 4.90 Å². The van der Waals surface area contributed by atoms with E-state index in [1.807, 2.05) is 6.07 Å². The van der Waals surface area contributed by atoms with Crippen molar-refractivity contribution in [1.29, 1.82) is 0 Å². The van der Waals surface area contributed by atoms with Crippen LogP contribution in [0.1, 0.15) is 18.4 Å². The molecule has 1 saturated heterocycles. The average Bonchev–Trinajstić information content (AvgIpc) is 3.44. The van der Waals surface area contributed by atoms with Crippen molar-refractivity contribution in [3.63, 3.8) is 0 Å². The summed E-state index contributed by atoms with van der Waals surface area (Å²) in [6.07, 6.45) is 3.63. The maximum absolute atomic E-state index is 15.3. The number of ether oxygens (including phenoxy) is 3. The van der Waals surface area contributed by atoms with E-state index in [0.717, 1.165) is 31.3 Å². The molecular formula is C21H24FN5O3. The van der Waals surface area contributed by atoms with Crippen molar-refractivity contribution in [3.05, 3.63) is 35.8 Å². The number of nitrogens with zero attached hydrogens (tertiary/aromatic N) is 3. The molecule has 3 aromatic rings. The normalized spacial score (nSPS) is 18.4. The number of benzene rings is 1. The highest BCUT2D eigenvalue weighted by atomic mass is 19.1. The van der Waals surface area contributed by atoms with Gasteiger partial charge in [-0.25, -0.2) is 4.39 Å². The third-order valence-corrected chi connectivity index (χ3v) is 5.95. The number of aromatic nitrogens is 3. The topological polar surface area (TPSA) is 84.5 Å². The van der Waals surface area contributed by atoms with Gasteiger partial charge in [0.1, 0.15) is 17.2 Å². The molecule has 0 bridgehead atoms. The second-order valence-electron chi connectivity index (χ2n) is 7.58. The van der Waals surface area contributed by atoms with Crippen LogP contribution in [0.3, 0.4) is 0 Å². The maximum atomic E-state index is 15.3. The van der Waals surface area contributed by atoms with Crippen LogP contribution < -0.4 is 14.8 Å². The molecule has 9 heteroatoms. The minimum Gasteiger partial charge on any atom is -0.495 e. The summed E-state index contributed by atoms with van der Waals surface area (Å²) in [6.45, 7) is 2.98. The fourth-order valence-corrected chi connectivity index (χ4v) is 4.29. The summed E-state index contributed by atoms with van der Waals surface area (Å²) < 4.78 is 31.7. The summed E-state index contributed by atoms with van der Waals surface area (Å²) in [5.74, 6) is 1.00. The number of morpholine rings is 1. The first-order valence-electron chi connectivity index (χ1n) is 10.0. The highest BCUT2D eigenvalue weighted by Gasteiger charge is 2.51. The number of hydrogen-bond acceptors (Lipinski definition) is 7. The minimum absolute atomic E-state index is 0.261. The quantitative estimate of drug-likeness (QED) is 0.642. The molecule has 0 amide bonds. The van der Waals surface area contributed by atoms with Gasteiger partial charge >= 0.3 is 0 Å². The predicted molar refractivity (Wildman–Crippen MR) is 110 cm³/mol. The van der Waals surface area contributed by atoms with Crippen LogP contribution >= 0.6 is 0 Å². The number of H-pyrrole nitrogens is 1. The molecule has 2 aliphatic rings. The lowest BCUT2D eigenvalue weighted by Gasteiger charge is -2.35. The zero-order valence-electron chi connectivity index (χ0n) is 17.0. The Morgan fingerprint density at radius 2 is 1.97 bits per heavy atom. The van der Waals surface area contributed by atoms with E-state index in [9.17, 15) is 0 Å². The van der Waals surface area contributed by atoms with Gasteiger partial charge in [-0.15, -0.1) is 0 Å². The molecule has 0 atom stereocenters. The lowest BCUT2D eigenvalue weighted by Crippen LogP contribution is -2.44. The molecule has 2 aromatic heterocycles. The molecular weight excluding hydrogens is 389 g/mol. The lowest BCUT2D eigenvalue weighted by atomic mass is 10.0. The zero-order chi connectivity index (χ0) is 20.7. The highest BCUT2D eigenvalue weighted by molar-refractivity contribution is 5.82. The predicted octanol–water partition coefficient (Wildman–Crippen LogP) is 3.18. The number of anilines is 2. The molecule has 1 saturated carbocycles. The fraction of sp³-hybridized carbons (Fsp3) is 0.429. The second-order valence-corrected chi connectivity index (χ2v) is 7.58. The highest BCUT2D eigenvalue weighted by Crippen LogP contribution is 2.53. The van der Waals surface area contributed by atoms with Gasteiger partial charge < -0.3 is 24.5 Å². The smallest absolute Gasteiger partial charge is 0.232 e. The number of halogens is 1. The summed E-state index contributed by atoms with van der Waals surface area (Å²) in [6, 6.07) is 5.10. The monoisotopic (exact) mass is 413 g/mol. The van der Waals surface area contributed by atoms with Gasteiger partial charge in [0, 0.05) is 36.5 Å². The van der Waals surface area contributed by atoms with Crippen LogP contribution in [-0.4, -0.2) is 60.4 Å². The van der Waals surface area contributed by atoms with E-state index in [2.05, 4.69) is 25.2 Å². The van der Waals surface area contributed by atoms with Gasteiger partial charge in [0.2, 0.25) is 11.8 Å². The van der Waals surface area contributed by atoms with E-state index in [0.29, 0.717) is 47.7 Å². The van der Waals surface area contributed by atoms with E-state index in [4.69, 9.17) is 14.2 Å². The Morgan fingerprint density at radius 3 is 2.67 bits per heavy atom. The summed E-state index contributed by atoms with van der Waals surface area (Å²) >= 11 is 0. The largest absolute Gasteiger partial charge is 0.495 e. The molecule has 30 heavy (non-hydrogen) atoms. The molecule has 3 heterocycles. The molecule has 0 radical (unpaired) electrons. The zero-order valence-corrected chi connectivity index (χ0v) is 17.0. The van der Waals surface area contributed by atoms with Gasteiger partial charge in [0.05, 0.1) is 38.5 Å². The summed E-state index contributed by atoms with van der Waals surface area (Å²) in [4.78, 5) is 14.2. The van der Waals surface area contributed by atoms with Crippen LogP contribution in [-0.2, 0) is 10.3 Å². The SMILES string of the molecule is COc1cc(C2(N3CCOCC3)CC2)c(F)cc1Nc1nc(OC)c2cc[nH]c2n1. The first-order valence-corrected chi connectivity index (χ1v) is 10.0. The number of rotatable bonds is 6. The van der Waals surface area contributed by atoms with Crippen molar-refractivity contribution in [2.24, 2.45) is 0 Å². The van der Waals surface area contributed by atoms with Crippen LogP contribution in [0.4, 0.5) is 16.0 Å². The number of methoxy groups -OCH3 is 2. The minimum atomic E-state index is -0.268. The van der Waals surface area contributed by atoms with Crippen molar-refractivity contribution in [1.82, 2.24) is 19.9 Å². The van der Waals surface area contributed by atoms with Crippen molar-refractivity contribution in [2.75, 3.05) is 45.8 Å². The van der Waals surface area contributed by atoms with Gasteiger partial charge in [-0.2, -0.15) is 9.97 Å². The first-order chi connectivity index (χ1) is 14.6.